The van der Waals surface area contributed by atoms with Gasteiger partial charge in [-0.2, -0.15) is 13.2 Å². The van der Waals surface area contributed by atoms with Crippen molar-refractivity contribution in [1.82, 2.24) is 10.3 Å². The number of nitrogens with zero attached hydrogens (tertiary/aromatic N) is 1. The van der Waals surface area contributed by atoms with Crippen molar-refractivity contribution in [2.45, 2.75) is 31.5 Å². The Kier molecular flexibility index (Phi) is 5.96. The van der Waals surface area contributed by atoms with Gasteiger partial charge in [-0.25, -0.2) is 14.2 Å². The first-order valence-corrected chi connectivity index (χ1v) is 7.44. The second kappa shape index (κ2) is 7.98. The summed E-state index contributed by atoms with van der Waals surface area (Å²) in [6.45, 7) is 0. The van der Waals surface area contributed by atoms with Gasteiger partial charge in [0, 0.05) is 12.8 Å². The zero-order valence-electron chi connectivity index (χ0n) is 13.2. The molecule has 0 aliphatic heterocycles. The van der Waals surface area contributed by atoms with Gasteiger partial charge in [-0.15, -0.1) is 0 Å². The van der Waals surface area contributed by atoms with Gasteiger partial charge >= 0.3 is 12.1 Å². The molecule has 1 atom stereocenters. The summed E-state index contributed by atoms with van der Waals surface area (Å²) in [5.41, 5.74) is 0.173. The summed E-state index contributed by atoms with van der Waals surface area (Å²) in [6, 6.07) is 3.74. The second-order valence-corrected chi connectivity index (χ2v) is 5.38. The normalized spacial score (nSPS) is 12.6. The fourth-order valence-electron chi connectivity index (χ4n) is 2.13. The summed E-state index contributed by atoms with van der Waals surface area (Å²) in [7, 11) is 0. The summed E-state index contributed by atoms with van der Waals surface area (Å²) in [4.78, 5) is 26.3. The van der Waals surface area contributed by atoms with Crippen LogP contribution in [0, 0.1) is 5.82 Å². The zero-order chi connectivity index (χ0) is 19.3. The Balaban J connectivity index is 1.93. The molecular formula is C16H14F4N2O4. The van der Waals surface area contributed by atoms with Gasteiger partial charge in [0.15, 0.2) is 11.7 Å². The van der Waals surface area contributed by atoms with Gasteiger partial charge in [-0.1, -0.05) is 12.1 Å². The summed E-state index contributed by atoms with van der Waals surface area (Å²) in [5, 5.41) is 10.5. The highest BCUT2D eigenvalue weighted by atomic mass is 19.4. The molecule has 0 saturated carbocycles. The first kappa shape index (κ1) is 19.4. The number of hydrogen-bond acceptors (Lipinski definition) is 4. The molecule has 6 nitrogen and oxygen atoms in total. The molecule has 1 heterocycles. The minimum Gasteiger partial charge on any atom is -0.480 e. The van der Waals surface area contributed by atoms with Crippen molar-refractivity contribution in [1.29, 1.82) is 0 Å². The molecule has 0 fully saturated rings. The van der Waals surface area contributed by atoms with E-state index in [-0.39, 0.29) is 30.1 Å². The smallest absolute Gasteiger partial charge is 0.391 e. The van der Waals surface area contributed by atoms with Crippen molar-refractivity contribution in [3.05, 3.63) is 42.2 Å². The molecule has 2 N–H and O–H groups in total. The first-order valence-electron chi connectivity index (χ1n) is 7.44. The molecular weight excluding hydrogens is 360 g/mol. The van der Waals surface area contributed by atoms with Gasteiger partial charge < -0.3 is 14.8 Å². The number of benzene rings is 1. The summed E-state index contributed by atoms with van der Waals surface area (Å²) < 4.78 is 55.8. The Hall–Kier alpha value is -2.91. The van der Waals surface area contributed by atoms with Crippen molar-refractivity contribution < 1.29 is 36.7 Å². The van der Waals surface area contributed by atoms with Crippen LogP contribution in [0.15, 0.2) is 34.9 Å². The standard InChI is InChI=1S/C16H14F4N2O4/c17-10-4-2-1-3-9(10)12-8-21-14(26-12)6-5-13(23)22-11(15(24)25)7-16(18,19)20/h1-4,8,11H,5-7H2,(H,22,23)(H,24,25). The Morgan fingerprint density at radius 1 is 1.27 bits per heavy atom. The Labute approximate surface area is 144 Å². The van der Waals surface area contributed by atoms with E-state index in [1.807, 2.05) is 0 Å². The minimum absolute atomic E-state index is 0.0705. The van der Waals surface area contributed by atoms with E-state index in [0.29, 0.717) is 0 Å². The predicted octanol–water partition coefficient (Wildman–Crippen LogP) is 2.94. The number of carbonyl (C=O) groups is 2. The average molecular weight is 374 g/mol. The number of oxazole rings is 1. The monoisotopic (exact) mass is 374 g/mol. The number of carboxylic acids is 1. The quantitative estimate of drug-likeness (QED) is 0.727. The van der Waals surface area contributed by atoms with Crippen LogP contribution in [0.2, 0.25) is 0 Å². The maximum absolute atomic E-state index is 13.7. The molecule has 2 rings (SSSR count). The largest absolute Gasteiger partial charge is 0.480 e. The molecule has 26 heavy (non-hydrogen) atoms. The second-order valence-electron chi connectivity index (χ2n) is 5.38. The number of carbonyl (C=O) groups excluding carboxylic acids is 1. The fraction of sp³-hybridized carbons (Fsp3) is 0.312. The number of halogens is 4. The van der Waals surface area contributed by atoms with Crippen LogP contribution in [-0.2, 0) is 16.0 Å². The van der Waals surface area contributed by atoms with Crippen molar-refractivity contribution in [2.75, 3.05) is 0 Å². The number of aliphatic carboxylic acids is 1. The van der Waals surface area contributed by atoms with E-state index in [9.17, 15) is 27.2 Å². The van der Waals surface area contributed by atoms with E-state index in [0.717, 1.165) is 0 Å². The minimum atomic E-state index is -4.73. The van der Waals surface area contributed by atoms with Crippen LogP contribution in [-0.4, -0.2) is 34.2 Å². The van der Waals surface area contributed by atoms with Gasteiger partial charge in [-0.3, -0.25) is 4.79 Å². The number of nitrogens with one attached hydrogen (secondary N) is 1. The van der Waals surface area contributed by atoms with Gasteiger partial charge in [0.2, 0.25) is 5.91 Å². The van der Waals surface area contributed by atoms with Crippen LogP contribution >= 0.6 is 0 Å². The number of hydrogen-bond donors (Lipinski definition) is 2. The van der Waals surface area contributed by atoms with E-state index in [1.54, 1.807) is 11.4 Å². The van der Waals surface area contributed by atoms with E-state index in [4.69, 9.17) is 9.52 Å². The highest BCUT2D eigenvalue weighted by molar-refractivity contribution is 5.83. The van der Waals surface area contributed by atoms with Crippen LogP contribution in [0.1, 0.15) is 18.7 Å². The molecule has 1 amide bonds. The molecule has 1 aromatic carbocycles. The van der Waals surface area contributed by atoms with Gasteiger partial charge in [-0.05, 0) is 12.1 Å². The molecule has 1 unspecified atom stereocenters. The summed E-state index contributed by atoms with van der Waals surface area (Å²) >= 11 is 0. The lowest BCUT2D eigenvalue weighted by atomic mass is 10.2. The number of alkyl halides is 3. The molecule has 1 aromatic heterocycles. The van der Waals surface area contributed by atoms with E-state index >= 15 is 0 Å². The molecule has 0 bridgehead atoms. The van der Waals surface area contributed by atoms with Gasteiger partial charge in [0.1, 0.15) is 11.9 Å². The molecule has 0 spiro atoms. The lowest BCUT2D eigenvalue weighted by Crippen LogP contribution is -2.43. The van der Waals surface area contributed by atoms with Crippen LogP contribution in [0.4, 0.5) is 17.6 Å². The predicted molar refractivity (Wildman–Crippen MR) is 80.5 cm³/mol. The maximum Gasteiger partial charge on any atom is 0.391 e. The maximum atomic E-state index is 13.7. The van der Waals surface area contributed by atoms with Crippen LogP contribution in [0.3, 0.4) is 0 Å². The Bertz CT molecular complexity index is 789. The van der Waals surface area contributed by atoms with Crippen molar-refractivity contribution >= 4 is 11.9 Å². The molecule has 0 aliphatic rings. The average Bonchev–Trinajstić information content (AvgIpc) is 3.00. The third-order valence-electron chi connectivity index (χ3n) is 3.33. The fourth-order valence-corrected chi connectivity index (χ4v) is 2.13. The third kappa shape index (κ3) is 5.57. The highest BCUT2D eigenvalue weighted by Crippen LogP contribution is 2.24. The van der Waals surface area contributed by atoms with E-state index in [1.165, 1.54) is 24.4 Å². The topological polar surface area (TPSA) is 92.4 Å². The molecule has 0 saturated heterocycles. The van der Waals surface area contributed by atoms with E-state index < -0.39 is 36.3 Å². The molecule has 2 aromatic rings. The zero-order valence-corrected chi connectivity index (χ0v) is 13.2. The van der Waals surface area contributed by atoms with Crippen molar-refractivity contribution in [3.8, 4) is 11.3 Å². The molecule has 140 valence electrons. The van der Waals surface area contributed by atoms with Crippen LogP contribution in [0.5, 0.6) is 0 Å². The van der Waals surface area contributed by atoms with Crippen LogP contribution in [0.25, 0.3) is 11.3 Å². The van der Waals surface area contributed by atoms with Crippen LogP contribution < -0.4 is 5.32 Å². The molecule has 0 aliphatic carbocycles. The number of amides is 1. The SMILES string of the molecule is O=C(CCc1ncc(-c2ccccc2F)o1)NC(CC(F)(F)F)C(=O)O. The van der Waals surface area contributed by atoms with Gasteiger partial charge in [0.05, 0.1) is 18.2 Å². The summed E-state index contributed by atoms with van der Waals surface area (Å²) in [6.07, 6.45) is -5.56. The molecule has 10 heteroatoms. The third-order valence-corrected chi connectivity index (χ3v) is 3.33. The summed E-state index contributed by atoms with van der Waals surface area (Å²) in [5.74, 6) is -2.99. The van der Waals surface area contributed by atoms with Gasteiger partial charge in [0.25, 0.3) is 0 Å². The number of rotatable bonds is 7. The Morgan fingerprint density at radius 3 is 2.58 bits per heavy atom. The van der Waals surface area contributed by atoms with Crippen molar-refractivity contribution in [2.24, 2.45) is 0 Å². The number of aromatic nitrogens is 1. The van der Waals surface area contributed by atoms with Crippen molar-refractivity contribution in [3.63, 3.8) is 0 Å². The van der Waals surface area contributed by atoms with E-state index in [2.05, 4.69) is 4.98 Å². The number of carboxylic acid groups (broad SMARTS) is 1. The lowest BCUT2D eigenvalue weighted by molar-refractivity contribution is -0.160. The number of aryl methyl sites for hydroxylation is 1. The lowest BCUT2D eigenvalue weighted by Gasteiger charge is -2.16. The Morgan fingerprint density at radius 2 is 1.96 bits per heavy atom. The first-order chi connectivity index (χ1) is 12.2. The molecule has 0 radical (unpaired) electrons. The highest BCUT2D eigenvalue weighted by Gasteiger charge is 2.36.